The first-order valence-electron chi connectivity index (χ1n) is 11.3. The second-order valence-corrected chi connectivity index (χ2v) is 9.14. The highest BCUT2D eigenvalue weighted by atomic mass is 35.5. The van der Waals surface area contributed by atoms with E-state index >= 15 is 0 Å². The Morgan fingerprint density at radius 1 is 1.21 bits per heavy atom. The summed E-state index contributed by atoms with van der Waals surface area (Å²) in [6, 6.07) is 13.4. The number of halogens is 1. The van der Waals surface area contributed by atoms with Crippen LogP contribution in [0.4, 0.5) is 5.82 Å². The van der Waals surface area contributed by atoms with Gasteiger partial charge in [0.1, 0.15) is 11.0 Å². The summed E-state index contributed by atoms with van der Waals surface area (Å²) in [6.45, 7) is 5.55. The van der Waals surface area contributed by atoms with Gasteiger partial charge in [0.15, 0.2) is 11.3 Å². The number of nitrogens with zero attached hydrogens (tertiary/aromatic N) is 4. The van der Waals surface area contributed by atoms with Crippen LogP contribution in [-0.4, -0.2) is 51.1 Å². The molecule has 1 aliphatic carbocycles. The molecule has 33 heavy (non-hydrogen) atoms. The largest absolute Gasteiger partial charge is 0.466 e. The zero-order valence-corrected chi connectivity index (χ0v) is 19.3. The van der Waals surface area contributed by atoms with E-state index in [1.807, 2.05) is 49.1 Å². The first-order valence-corrected chi connectivity index (χ1v) is 11.6. The Morgan fingerprint density at radius 2 is 1.94 bits per heavy atom. The van der Waals surface area contributed by atoms with Gasteiger partial charge in [-0.25, -0.2) is 4.98 Å². The summed E-state index contributed by atoms with van der Waals surface area (Å²) in [5.74, 6) is 1.45. The van der Waals surface area contributed by atoms with Crippen LogP contribution < -0.4 is 5.32 Å². The smallest absolute Gasteiger partial charge is 0.306 e. The minimum Gasteiger partial charge on any atom is -0.466 e. The van der Waals surface area contributed by atoms with Gasteiger partial charge in [-0.2, -0.15) is 9.61 Å². The minimum atomic E-state index is -0.150. The van der Waals surface area contributed by atoms with E-state index in [1.165, 1.54) is 0 Å². The number of ether oxygens (including phenoxy) is 1. The highest BCUT2D eigenvalue weighted by molar-refractivity contribution is 6.29. The predicted molar refractivity (Wildman–Crippen MR) is 124 cm³/mol. The molecule has 0 radical (unpaired) electrons. The van der Waals surface area contributed by atoms with E-state index < -0.39 is 0 Å². The number of anilines is 1. The molecule has 1 aliphatic heterocycles. The number of rotatable bonds is 7. The number of carbonyl (C=O) groups excluding carboxylic acids is 2. The predicted octanol–water partition coefficient (Wildman–Crippen LogP) is 3.83. The maximum absolute atomic E-state index is 13.1. The van der Waals surface area contributed by atoms with Crippen molar-refractivity contribution in [2.45, 2.75) is 26.3 Å². The third kappa shape index (κ3) is 4.27. The van der Waals surface area contributed by atoms with Crippen molar-refractivity contribution in [2.24, 2.45) is 17.8 Å². The minimum absolute atomic E-state index is 0.0123. The average molecular weight is 468 g/mol. The summed E-state index contributed by atoms with van der Waals surface area (Å²) < 4.78 is 6.68. The standard InChI is InChI=1S/C24H26ClN5O3/c1-3-33-23(31)9-16-17-12-29(13-18(16)17)24(32)19-10-21-27-20(25)11-22(30(21)28-19)26-14(2)15-7-5-4-6-8-15/h4-8,10-11,14,16-18,26H,3,9,12-13H2,1-2H3/t14-,16-,17?,18-/m0/s1. The fourth-order valence-corrected chi connectivity index (χ4v) is 5.08. The molecule has 1 unspecified atom stereocenters. The number of aromatic nitrogens is 3. The van der Waals surface area contributed by atoms with Gasteiger partial charge in [0.05, 0.1) is 6.61 Å². The molecule has 8 nitrogen and oxygen atoms in total. The van der Waals surface area contributed by atoms with Crippen LogP contribution in [0.5, 0.6) is 0 Å². The quantitative estimate of drug-likeness (QED) is 0.419. The summed E-state index contributed by atoms with van der Waals surface area (Å²) >= 11 is 6.25. The lowest BCUT2D eigenvalue weighted by Crippen LogP contribution is -2.32. The van der Waals surface area contributed by atoms with Gasteiger partial charge < -0.3 is 15.0 Å². The molecule has 3 heterocycles. The molecule has 172 valence electrons. The van der Waals surface area contributed by atoms with Crippen LogP contribution in [0.25, 0.3) is 5.65 Å². The first kappa shape index (κ1) is 21.7. The summed E-state index contributed by atoms with van der Waals surface area (Å²) in [7, 11) is 0. The van der Waals surface area contributed by atoms with Crippen LogP contribution in [0.2, 0.25) is 5.15 Å². The van der Waals surface area contributed by atoms with Crippen molar-refractivity contribution >= 4 is 34.9 Å². The number of amides is 1. The number of carbonyl (C=O) groups is 2. The molecule has 1 aromatic carbocycles. The third-order valence-electron chi connectivity index (χ3n) is 6.65. The summed E-state index contributed by atoms with van der Waals surface area (Å²) in [5.41, 5.74) is 1.97. The van der Waals surface area contributed by atoms with Gasteiger partial charge in [0.2, 0.25) is 0 Å². The molecule has 2 aromatic heterocycles. The number of hydrogen-bond acceptors (Lipinski definition) is 6. The summed E-state index contributed by atoms with van der Waals surface area (Å²) in [4.78, 5) is 31.0. The molecule has 5 rings (SSSR count). The van der Waals surface area contributed by atoms with Crippen LogP contribution in [0.15, 0.2) is 42.5 Å². The van der Waals surface area contributed by atoms with Crippen molar-refractivity contribution in [3.8, 4) is 0 Å². The highest BCUT2D eigenvalue weighted by Gasteiger charge is 2.57. The van der Waals surface area contributed by atoms with Crippen LogP contribution >= 0.6 is 11.6 Å². The van der Waals surface area contributed by atoms with Gasteiger partial charge in [-0.05, 0) is 37.2 Å². The Balaban J connectivity index is 1.30. The van der Waals surface area contributed by atoms with E-state index in [4.69, 9.17) is 16.3 Å². The van der Waals surface area contributed by atoms with Crippen molar-refractivity contribution in [1.82, 2.24) is 19.5 Å². The number of likely N-dealkylation sites (tertiary alicyclic amines) is 1. The molecule has 0 bridgehead atoms. The molecule has 9 heteroatoms. The molecule has 0 spiro atoms. The second kappa shape index (κ2) is 8.67. The van der Waals surface area contributed by atoms with Gasteiger partial charge >= 0.3 is 5.97 Å². The second-order valence-electron chi connectivity index (χ2n) is 8.75. The fourth-order valence-electron chi connectivity index (χ4n) is 4.89. The van der Waals surface area contributed by atoms with Crippen molar-refractivity contribution in [3.05, 3.63) is 58.9 Å². The lowest BCUT2D eigenvalue weighted by Gasteiger charge is -2.18. The Hall–Kier alpha value is -3.13. The zero-order chi connectivity index (χ0) is 23.1. The lowest BCUT2D eigenvalue weighted by molar-refractivity contribution is -0.143. The summed E-state index contributed by atoms with van der Waals surface area (Å²) in [5, 5.41) is 8.29. The summed E-state index contributed by atoms with van der Waals surface area (Å²) in [6.07, 6.45) is 0.441. The fraction of sp³-hybridized carbons (Fsp3) is 0.417. The molecule has 3 aromatic rings. The van der Waals surface area contributed by atoms with Crippen LogP contribution in [0.3, 0.4) is 0 Å². The average Bonchev–Trinajstić information content (AvgIpc) is 3.15. The number of esters is 1. The van der Waals surface area contributed by atoms with E-state index in [9.17, 15) is 9.59 Å². The molecule has 2 fully saturated rings. The highest BCUT2D eigenvalue weighted by Crippen LogP contribution is 2.53. The maximum atomic E-state index is 13.1. The molecule has 1 N–H and O–H groups in total. The molecule has 1 amide bonds. The molecule has 4 atom stereocenters. The van der Waals surface area contributed by atoms with E-state index in [-0.39, 0.29) is 17.9 Å². The monoisotopic (exact) mass is 467 g/mol. The van der Waals surface area contributed by atoms with Crippen molar-refractivity contribution in [2.75, 3.05) is 25.0 Å². The lowest BCUT2D eigenvalue weighted by atomic mass is 10.1. The Morgan fingerprint density at radius 3 is 2.64 bits per heavy atom. The number of nitrogens with one attached hydrogen (secondary N) is 1. The number of fused-ring (bicyclic) bond motifs is 2. The van der Waals surface area contributed by atoms with Gasteiger partial charge in [0.25, 0.3) is 5.91 Å². The normalized spacial score (nSPS) is 22.2. The van der Waals surface area contributed by atoms with Crippen molar-refractivity contribution in [1.29, 1.82) is 0 Å². The van der Waals surface area contributed by atoms with E-state index in [2.05, 4.69) is 15.4 Å². The molecular formula is C24H26ClN5O3. The Labute approximate surface area is 196 Å². The van der Waals surface area contributed by atoms with Gasteiger partial charge in [-0.3, -0.25) is 9.59 Å². The number of benzene rings is 1. The maximum Gasteiger partial charge on any atom is 0.306 e. The Bertz CT molecular complexity index is 1190. The van der Waals surface area contributed by atoms with E-state index in [0.717, 1.165) is 5.56 Å². The molecule has 1 saturated heterocycles. The van der Waals surface area contributed by atoms with Gasteiger partial charge in [0, 0.05) is 37.7 Å². The number of hydrogen-bond donors (Lipinski definition) is 1. The van der Waals surface area contributed by atoms with Gasteiger partial charge in [-0.1, -0.05) is 41.9 Å². The van der Waals surface area contributed by atoms with Crippen LogP contribution in [0, 0.1) is 17.8 Å². The Kier molecular flexibility index (Phi) is 5.70. The third-order valence-corrected chi connectivity index (χ3v) is 6.84. The van der Waals surface area contributed by atoms with Gasteiger partial charge in [-0.15, -0.1) is 0 Å². The molecule has 2 aliphatic rings. The van der Waals surface area contributed by atoms with Crippen LogP contribution in [0.1, 0.15) is 42.4 Å². The van der Waals surface area contributed by atoms with Crippen molar-refractivity contribution < 1.29 is 14.3 Å². The van der Waals surface area contributed by atoms with E-state index in [0.29, 0.717) is 66.2 Å². The molecular weight excluding hydrogens is 442 g/mol. The van der Waals surface area contributed by atoms with E-state index in [1.54, 1.807) is 16.6 Å². The molecule has 1 saturated carbocycles. The topological polar surface area (TPSA) is 88.8 Å². The SMILES string of the molecule is CCOC(=O)C[C@H]1C2CN(C(=O)c3cc4nc(Cl)cc(N[C@@H](C)c5ccccc5)n4n3)C[C@H]21. The zero-order valence-electron chi connectivity index (χ0n) is 18.6. The first-order chi connectivity index (χ1) is 15.9. The van der Waals surface area contributed by atoms with Crippen LogP contribution in [-0.2, 0) is 9.53 Å². The van der Waals surface area contributed by atoms with Crippen molar-refractivity contribution in [3.63, 3.8) is 0 Å². The number of piperidine rings is 1.